The van der Waals surface area contributed by atoms with E-state index >= 15 is 0 Å². The summed E-state index contributed by atoms with van der Waals surface area (Å²) in [5.74, 6) is -0.420. The van der Waals surface area contributed by atoms with E-state index in [0.717, 1.165) is 0 Å². The molecule has 1 atom stereocenters. The third-order valence-corrected chi connectivity index (χ3v) is 6.10. The zero-order chi connectivity index (χ0) is 17.9. The Bertz CT molecular complexity index is 729. The van der Waals surface area contributed by atoms with Crippen molar-refractivity contribution in [1.82, 2.24) is 14.8 Å². The van der Waals surface area contributed by atoms with Gasteiger partial charge < -0.3 is 9.80 Å². The van der Waals surface area contributed by atoms with Crippen LogP contribution < -0.4 is 0 Å². The molecule has 0 aromatic carbocycles. The molecule has 0 N–H and O–H groups in total. The Balaban J connectivity index is 2.19. The van der Waals surface area contributed by atoms with Crippen LogP contribution in [0.25, 0.3) is 0 Å². The largest absolute Gasteiger partial charge is 0.338 e. The fraction of sp³-hybridized carbons (Fsp3) is 0.562. The van der Waals surface area contributed by atoms with Gasteiger partial charge in [0.05, 0.1) is 11.5 Å². The molecule has 0 bridgehead atoms. The number of carbonyl (C=O) groups is 2. The standard InChI is InChI=1S/C16H23N3O4S/c1-4-19(5-2)16(21)14-10-12(6-8-17-14)15(20)18(3)13-7-9-24(22,23)11-13/h6,8,10,13H,4-5,7,9,11H2,1-3H3. The Morgan fingerprint density at radius 1 is 1.25 bits per heavy atom. The van der Waals surface area contributed by atoms with Gasteiger partial charge in [-0.3, -0.25) is 14.6 Å². The summed E-state index contributed by atoms with van der Waals surface area (Å²) in [5.41, 5.74) is 0.560. The number of carbonyl (C=O) groups excluding carboxylic acids is 2. The molecule has 132 valence electrons. The minimum absolute atomic E-state index is 0.00837. The highest BCUT2D eigenvalue weighted by Crippen LogP contribution is 2.19. The Kier molecular flexibility index (Phi) is 5.58. The first kappa shape index (κ1) is 18.4. The number of hydrogen-bond acceptors (Lipinski definition) is 5. The van der Waals surface area contributed by atoms with E-state index < -0.39 is 9.84 Å². The van der Waals surface area contributed by atoms with Crippen LogP contribution in [-0.4, -0.2) is 72.7 Å². The van der Waals surface area contributed by atoms with Gasteiger partial charge in [-0.05, 0) is 32.4 Å². The van der Waals surface area contributed by atoms with Gasteiger partial charge >= 0.3 is 0 Å². The van der Waals surface area contributed by atoms with Gasteiger partial charge in [-0.15, -0.1) is 0 Å². The van der Waals surface area contributed by atoms with E-state index in [1.54, 1.807) is 18.0 Å². The smallest absolute Gasteiger partial charge is 0.272 e. The Hall–Kier alpha value is -1.96. The maximum atomic E-state index is 12.6. The topological polar surface area (TPSA) is 87.7 Å². The first-order valence-corrected chi connectivity index (χ1v) is 9.84. The molecular formula is C16H23N3O4S. The molecule has 1 aromatic rings. The first-order valence-electron chi connectivity index (χ1n) is 8.02. The summed E-state index contributed by atoms with van der Waals surface area (Å²) in [6, 6.07) is 2.70. The number of nitrogens with zero attached hydrogens (tertiary/aromatic N) is 3. The minimum Gasteiger partial charge on any atom is -0.338 e. The lowest BCUT2D eigenvalue weighted by atomic mass is 10.1. The van der Waals surface area contributed by atoms with Gasteiger partial charge in [-0.2, -0.15) is 0 Å². The molecule has 7 nitrogen and oxygen atoms in total. The van der Waals surface area contributed by atoms with Crippen molar-refractivity contribution >= 4 is 21.7 Å². The first-order chi connectivity index (χ1) is 11.3. The van der Waals surface area contributed by atoms with Crippen molar-refractivity contribution in [3.8, 4) is 0 Å². The lowest BCUT2D eigenvalue weighted by molar-refractivity contribution is 0.0747. The molecule has 0 aliphatic carbocycles. The van der Waals surface area contributed by atoms with Gasteiger partial charge in [0, 0.05) is 37.9 Å². The molecule has 1 aliphatic heterocycles. The Morgan fingerprint density at radius 2 is 1.92 bits per heavy atom. The number of sulfone groups is 1. The molecule has 1 fully saturated rings. The fourth-order valence-electron chi connectivity index (χ4n) is 2.80. The molecule has 2 amide bonds. The molecular weight excluding hydrogens is 330 g/mol. The highest BCUT2D eigenvalue weighted by molar-refractivity contribution is 7.91. The van der Waals surface area contributed by atoms with Crippen LogP contribution in [0.1, 0.15) is 41.1 Å². The quantitative estimate of drug-likeness (QED) is 0.782. The van der Waals surface area contributed by atoms with E-state index in [-0.39, 0.29) is 35.1 Å². The van der Waals surface area contributed by atoms with Crippen LogP contribution in [0.2, 0.25) is 0 Å². The third-order valence-electron chi connectivity index (χ3n) is 4.35. The van der Waals surface area contributed by atoms with Crippen molar-refractivity contribution in [1.29, 1.82) is 0 Å². The van der Waals surface area contributed by atoms with Crippen molar-refractivity contribution in [2.75, 3.05) is 31.6 Å². The molecule has 8 heteroatoms. The number of amides is 2. The average molecular weight is 353 g/mol. The van der Waals surface area contributed by atoms with Crippen molar-refractivity contribution in [2.24, 2.45) is 0 Å². The number of aromatic nitrogens is 1. The van der Waals surface area contributed by atoms with E-state index in [4.69, 9.17) is 0 Å². The molecule has 0 saturated carbocycles. The molecule has 24 heavy (non-hydrogen) atoms. The van der Waals surface area contributed by atoms with E-state index in [1.807, 2.05) is 13.8 Å². The highest BCUT2D eigenvalue weighted by Gasteiger charge is 2.33. The molecule has 0 radical (unpaired) electrons. The van der Waals surface area contributed by atoms with Gasteiger partial charge in [-0.1, -0.05) is 0 Å². The molecule has 2 heterocycles. The van der Waals surface area contributed by atoms with Crippen molar-refractivity contribution in [3.63, 3.8) is 0 Å². The van der Waals surface area contributed by atoms with Gasteiger partial charge in [0.15, 0.2) is 9.84 Å². The van der Waals surface area contributed by atoms with Crippen LogP contribution >= 0.6 is 0 Å². The van der Waals surface area contributed by atoms with Gasteiger partial charge in [0.25, 0.3) is 11.8 Å². The number of rotatable bonds is 5. The zero-order valence-electron chi connectivity index (χ0n) is 14.2. The Morgan fingerprint density at radius 3 is 2.46 bits per heavy atom. The second-order valence-electron chi connectivity index (χ2n) is 5.88. The lowest BCUT2D eigenvalue weighted by Gasteiger charge is -2.24. The van der Waals surface area contributed by atoms with Crippen LogP contribution in [-0.2, 0) is 9.84 Å². The van der Waals surface area contributed by atoms with Crippen molar-refractivity contribution in [2.45, 2.75) is 26.3 Å². The summed E-state index contributed by atoms with van der Waals surface area (Å²) in [4.78, 5) is 32.1. The summed E-state index contributed by atoms with van der Waals surface area (Å²) < 4.78 is 23.2. The molecule has 0 spiro atoms. The van der Waals surface area contributed by atoms with Crippen LogP contribution in [0, 0.1) is 0 Å². The monoisotopic (exact) mass is 353 g/mol. The molecule has 1 aromatic heterocycles. The number of pyridine rings is 1. The molecule has 1 unspecified atom stereocenters. The van der Waals surface area contributed by atoms with E-state index in [1.165, 1.54) is 17.2 Å². The molecule has 1 aliphatic rings. The lowest BCUT2D eigenvalue weighted by Crippen LogP contribution is -2.38. The second-order valence-corrected chi connectivity index (χ2v) is 8.11. The van der Waals surface area contributed by atoms with Crippen molar-refractivity contribution in [3.05, 3.63) is 29.6 Å². The Labute approximate surface area is 142 Å². The summed E-state index contributed by atoms with van der Waals surface area (Å²) in [5, 5.41) is 0. The maximum absolute atomic E-state index is 12.6. The predicted molar refractivity (Wildman–Crippen MR) is 90.6 cm³/mol. The van der Waals surface area contributed by atoms with Gasteiger partial charge in [0.1, 0.15) is 5.69 Å². The van der Waals surface area contributed by atoms with Gasteiger partial charge in [-0.25, -0.2) is 8.42 Å². The highest BCUT2D eigenvalue weighted by atomic mass is 32.2. The number of hydrogen-bond donors (Lipinski definition) is 0. The second kappa shape index (κ2) is 7.29. The van der Waals surface area contributed by atoms with Crippen LogP contribution in [0.4, 0.5) is 0 Å². The normalized spacial score (nSPS) is 19.0. The van der Waals surface area contributed by atoms with Crippen LogP contribution in [0.5, 0.6) is 0 Å². The average Bonchev–Trinajstić information content (AvgIpc) is 2.94. The van der Waals surface area contributed by atoms with Crippen LogP contribution in [0.15, 0.2) is 18.3 Å². The van der Waals surface area contributed by atoms with Crippen molar-refractivity contribution < 1.29 is 18.0 Å². The fourth-order valence-corrected chi connectivity index (χ4v) is 4.58. The zero-order valence-corrected chi connectivity index (χ0v) is 15.0. The summed E-state index contributed by atoms with van der Waals surface area (Å²) >= 11 is 0. The van der Waals surface area contributed by atoms with E-state index in [2.05, 4.69) is 4.98 Å². The minimum atomic E-state index is -3.06. The van der Waals surface area contributed by atoms with Crippen LogP contribution in [0.3, 0.4) is 0 Å². The maximum Gasteiger partial charge on any atom is 0.272 e. The summed E-state index contributed by atoms with van der Waals surface area (Å²) in [6.45, 7) is 4.89. The van der Waals surface area contributed by atoms with Gasteiger partial charge in [0.2, 0.25) is 0 Å². The summed E-state index contributed by atoms with van der Waals surface area (Å²) in [7, 11) is -1.47. The molecule has 1 saturated heterocycles. The van der Waals surface area contributed by atoms with E-state index in [9.17, 15) is 18.0 Å². The SMILES string of the molecule is CCN(CC)C(=O)c1cc(C(=O)N(C)C2CCS(=O)(=O)C2)ccn1. The third kappa shape index (κ3) is 3.92. The van der Waals surface area contributed by atoms with E-state index in [0.29, 0.717) is 25.1 Å². The molecule has 2 rings (SSSR count). The summed E-state index contributed by atoms with van der Waals surface area (Å²) in [6.07, 6.45) is 1.88. The predicted octanol–water partition coefficient (Wildman–Crippen LogP) is 0.823.